The van der Waals surface area contributed by atoms with Crippen LogP contribution in [-0.2, 0) is 6.54 Å². The number of hydrogen-bond donors (Lipinski definition) is 0. The van der Waals surface area contributed by atoms with E-state index in [1.54, 1.807) is 0 Å². The maximum absolute atomic E-state index is 15.3. The molecule has 0 N–H and O–H groups in total. The summed E-state index contributed by atoms with van der Waals surface area (Å²) >= 11 is 0. The fourth-order valence-electron chi connectivity index (χ4n) is 4.66. The third-order valence-corrected chi connectivity index (χ3v) is 6.65. The molecule has 1 amide bonds. The largest absolute Gasteiger partial charge is 0.494 e. The van der Waals surface area contributed by atoms with E-state index in [2.05, 4.69) is 28.8 Å². The highest BCUT2D eigenvalue weighted by Crippen LogP contribution is 2.38. The summed E-state index contributed by atoms with van der Waals surface area (Å²) in [6.45, 7) is 7.50. The Kier molecular flexibility index (Phi) is 7.04. The normalized spacial score (nSPS) is 17.5. The molecule has 2 aliphatic rings. The second-order valence-electron chi connectivity index (χ2n) is 9.18. The number of benzene rings is 2. The summed E-state index contributed by atoms with van der Waals surface area (Å²) < 4.78 is 48.7. The first-order chi connectivity index (χ1) is 16.2. The van der Waals surface area contributed by atoms with Crippen LogP contribution >= 0.6 is 0 Å². The zero-order valence-electron chi connectivity index (χ0n) is 20.1. The fourth-order valence-corrected chi connectivity index (χ4v) is 4.66. The van der Waals surface area contributed by atoms with Gasteiger partial charge in [-0.05, 0) is 56.4 Å². The molecule has 34 heavy (non-hydrogen) atoms. The van der Waals surface area contributed by atoms with Gasteiger partial charge in [-0.15, -0.1) is 0 Å². The molecule has 1 fully saturated rings. The van der Waals surface area contributed by atoms with Crippen LogP contribution in [0.15, 0.2) is 24.3 Å². The Morgan fingerprint density at radius 2 is 1.79 bits per heavy atom. The number of carbonyl (C=O) groups excluding carboxylic acids is 1. The average molecular weight is 477 g/mol. The van der Waals surface area contributed by atoms with E-state index in [4.69, 9.17) is 4.74 Å². The summed E-state index contributed by atoms with van der Waals surface area (Å²) in [7, 11) is 5.33. The number of amides is 1. The van der Waals surface area contributed by atoms with Crippen molar-refractivity contribution in [1.82, 2.24) is 14.7 Å². The summed E-state index contributed by atoms with van der Waals surface area (Å²) in [6.07, 6.45) is -2.11. The molecule has 1 saturated heterocycles. The summed E-state index contributed by atoms with van der Waals surface area (Å²) in [4.78, 5) is 20.9. The van der Waals surface area contributed by atoms with Gasteiger partial charge >= 0.3 is 0 Å². The van der Waals surface area contributed by atoms with E-state index in [-0.39, 0.29) is 12.3 Å². The highest BCUT2D eigenvalue weighted by atomic mass is 19.2. The first-order valence-electron chi connectivity index (χ1n) is 11.4. The minimum Gasteiger partial charge on any atom is -0.494 e. The minimum absolute atomic E-state index is 0.0000979. The molecule has 2 aliphatic heterocycles. The van der Waals surface area contributed by atoms with Gasteiger partial charge in [0.25, 0.3) is 5.91 Å². The van der Waals surface area contributed by atoms with Gasteiger partial charge in [0.05, 0.1) is 7.11 Å². The second kappa shape index (κ2) is 9.84. The summed E-state index contributed by atoms with van der Waals surface area (Å²) in [5.74, 6) is -3.45. The maximum atomic E-state index is 15.3. The zero-order chi connectivity index (χ0) is 24.6. The van der Waals surface area contributed by atoms with E-state index >= 15 is 4.39 Å². The SMILES string of the molecule is COc1ccc(C(F)N2Cc3cc(N4CCN(CCN(C)C)CC4)cc(C)c3C2=O)c(F)c1F. The number of methoxy groups -OCH3 is 1. The lowest BCUT2D eigenvalue weighted by Crippen LogP contribution is -2.48. The molecule has 2 aromatic rings. The van der Waals surface area contributed by atoms with Crippen molar-refractivity contribution in [3.05, 3.63) is 58.2 Å². The summed E-state index contributed by atoms with van der Waals surface area (Å²) in [5, 5.41) is 0. The van der Waals surface area contributed by atoms with Crippen molar-refractivity contribution in [3.63, 3.8) is 0 Å². The van der Waals surface area contributed by atoms with Crippen LogP contribution in [-0.4, -0.2) is 81.1 Å². The molecule has 0 aromatic heterocycles. The van der Waals surface area contributed by atoms with Crippen molar-refractivity contribution >= 4 is 11.6 Å². The molecule has 184 valence electrons. The molecule has 9 heteroatoms. The molecular formula is C25H31F3N4O2. The molecule has 4 rings (SSSR count). The van der Waals surface area contributed by atoms with E-state index < -0.39 is 29.4 Å². The van der Waals surface area contributed by atoms with Crippen molar-refractivity contribution < 1.29 is 22.7 Å². The van der Waals surface area contributed by atoms with Crippen molar-refractivity contribution in [2.45, 2.75) is 19.8 Å². The predicted molar refractivity (Wildman–Crippen MR) is 125 cm³/mol. The highest BCUT2D eigenvalue weighted by molar-refractivity contribution is 6.00. The Morgan fingerprint density at radius 1 is 1.09 bits per heavy atom. The number of carbonyl (C=O) groups is 1. The molecule has 6 nitrogen and oxygen atoms in total. The molecule has 0 radical (unpaired) electrons. The molecule has 0 saturated carbocycles. The molecule has 2 aromatic carbocycles. The molecule has 0 spiro atoms. The van der Waals surface area contributed by atoms with Crippen LogP contribution in [0.1, 0.15) is 33.3 Å². The lowest BCUT2D eigenvalue weighted by molar-refractivity contribution is 0.0469. The standard InChI is InChI=1S/C25H31F3N4O2/c1-16-13-18(31-11-9-30(10-12-31)8-7-29(2)3)14-17-15-32(25(33)21(16)17)24(28)19-5-6-20(34-4)23(27)22(19)26/h5-6,13-14,24H,7-12,15H2,1-4H3. The number of fused-ring (bicyclic) bond motifs is 1. The van der Waals surface area contributed by atoms with Crippen molar-refractivity contribution in [2.24, 2.45) is 0 Å². The van der Waals surface area contributed by atoms with Crippen LogP contribution in [0.4, 0.5) is 18.9 Å². The van der Waals surface area contributed by atoms with Gasteiger partial charge in [-0.25, -0.2) is 8.78 Å². The van der Waals surface area contributed by atoms with Gasteiger partial charge < -0.3 is 19.4 Å². The van der Waals surface area contributed by atoms with Crippen LogP contribution < -0.4 is 9.64 Å². The number of likely N-dealkylation sites (N-methyl/N-ethyl adjacent to an activating group) is 1. The topological polar surface area (TPSA) is 39.3 Å². The first kappa shape index (κ1) is 24.3. The third kappa shape index (κ3) is 4.59. The van der Waals surface area contributed by atoms with Crippen LogP contribution in [0.3, 0.4) is 0 Å². The zero-order valence-corrected chi connectivity index (χ0v) is 20.1. The smallest absolute Gasteiger partial charge is 0.257 e. The molecule has 2 heterocycles. The van der Waals surface area contributed by atoms with Crippen LogP contribution in [0, 0.1) is 18.6 Å². The number of ether oxygens (including phenoxy) is 1. The van der Waals surface area contributed by atoms with Crippen molar-refractivity contribution in [3.8, 4) is 5.75 Å². The van der Waals surface area contributed by atoms with Crippen molar-refractivity contribution in [2.75, 3.05) is 65.4 Å². The Balaban J connectivity index is 1.50. The van der Waals surface area contributed by atoms with Gasteiger partial charge in [-0.2, -0.15) is 4.39 Å². The van der Waals surface area contributed by atoms with Gasteiger partial charge in [0.1, 0.15) is 0 Å². The average Bonchev–Trinajstić information content (AvgIpc) is 3.16. The Bertz CT molecular complexity index is 1070. The summed E-state index contributed by atoms with van der Waals surface area (Å²) in [5.41, 5.74) is 2.36. The third-order valence-electron chi connectivity index (χ3n) is 6.65. The number of alkyl halides is 1. The molecule has 1 atom stereocenters. The van der Waals surface area contributed by atoms with Gasteiger partial charge in [0.15, 0.2) is 11.6 Å². The van der Waals surface area contributed by atoms with E-state index in [1.807, 2.05) is 19.1 Å². The minimum atomic E-state index is -2.11. The highest BCUT2D eigenvalue weighted by Gasteiger charge is 2.37. The van der Waals surface area contributed by atoms with Crippen LogP contribution in [0.25, 0.3) is 0 Å². The summed E-state index contributed by atoms with van der Waals surface area (Å²) in [6, 6.07) is 6.16. The molecule has 0 bridgehead atoms. The number of rotatable bonds is 7. The van der Waals surface area contributed by atoms with Crippen LogP contribution in [0.2, 0.25) is 0 Å². The number of hydrogen-bond acceptors (Lipinski definition) is 5. The first-order valence-corrected chi connectivity index (χ1v) is 11.4. The Hall–Kier alpha value is -2.78. The van der Waals surface area contributed by atoms with E-state index in [1.165, 1.54) is 7.11 Å². The number of piperazine rings is 1. The maximum Gasteiger partial charge on any atom is 0.257 e. The lowest BCUT2D eigenvalue weighted by Gasteiger charge is -2.36. The van der Waals surface area contributed by atoms with Gasteiger partial charge in [-0.1, -0.05) is 0 Å². The number of aryl methyl sites for hydroxylation is 1. The van der Waals surface area contributed by atoms with E-state index in [0.717, 1.165) is 67.6 Å². The number of halogens is 3. The fraction of sp³-hybridized carbons (Fsp3) is 0.480. The quantitative estimate of drug-likeness (QED) is 0.572. The van der Waals surface area contributed by atoms with Gasteiger partial charge in [-0.3, -0.25) is 9.69 Å². The Labute approximate surface area is 198 Å². The van der Waals surface area contributed by atoms with E-state index in [9.17, 15) is 13.6 Å². The molecular weight excluding hydrogens is 445 g/mol. The van der Waals surface area contributed by atoms with Crippen molar-refractivity contribution in [1.29, 1.82) is 0 Å². The number of anilines is 1. The lowest BCUT2D eigenvalue weighted by atomic mass is 10.0. The van der Waals surface area contributed by atoms with Gasteiger partial charge in [0.2, 0.25) is 12.1 Å². The second-order valence-corrected chi connectivity index (χ2v) is 9.18. The number of nitrogens with zero attached hydrogens (tertiary/aromatic N) is 4. The Morgan fingerprint density at radius 3 is 2.44 bits per heavy atom. The molecule has 1 unspecified atom stereocenters. The van der Waals surface area contributed by atoms with E-state index in [0.29, 0.717) is 11.1 Å². The van der Waals surface area contributed by atoms with Crippen LogP contribution in [0.5, 0.6) is 5.75 Å². The van der Waals surface area contributed by atoms with Gasteiger partial charge in [0, 0.05) is 62.6 Å². The monoisotopic (exact) mass is 476 g/mol. The molecule has 0 aliphatic carbocycles. The predicted octanol–water partition coefficient (Wildman–Crippen LogP) is 3.59.